The van der Waals surface area contributed by atoms with E-state index in [4.69, 9.17) is 4.98 Å². The smallest absolute Gasteiger partial charge is 0.0927 e. The molecule has 3 heteroatoms. The SMILES string of the molecule is Cc1ccc(-c2cc(-c3ccc4ccccc4n3)[nH]n2)cc1. The molecule has 0 aliphatic carbocycles. The summed E-state index contributed by atoms with van der Waals surface area (Å²) in [6, 6.07) is 22.6. The van der Waals surface area contributed by atoms with Crippen LogP contribution in [0.3, 0.4) is 0 Å². The number of fused-ring (bicyclic) bond motifs is 1. The van der Waals surface area contributed by atoms with Gasteiger partial charge in [0.15, 0.2) is 0 Å². The van der Waals surface area contributed by atoms with Crippen molar-refractivity contribution in [3.05, 3.63) is 72.3 Å². The van der Waals surface area contributed by atoms with Gasteiger partial charge in [0.1, 0.15) is 0 Å². The van der Waals surface area contributed by atoms with E-state index in [-0.39, 0.29) is 0 Å². The summed E-state index contributed by atoms with van der Waals surface area (Å²) in [5.74, 6) is 0. The van der Waals surface area contributed by atoms with Gasteiger partial charge in [-0.1, -0.05) is 54.1 Å². The lowest BCUT2D eigenvalue weighted by molar-refractivity contribution is 1.09. The molecule has 2 aromatic carbocycles. The number of hydrogen-bond donors (Lipinski definition) is 1. The van der Waals surface area contributed by atoms with Crippen molar-refractivity contribution in [2.75, 3.05) is 0 Å². The van der Waals surface area contributed by atoms with E-state index in [2.05, 4.69) is 53.5 Å². The van der Waals surface area contributed by atoms with E-state index >= 15 is 0 Å². The minimum Gasteiger partial charge on any atom is -0.276 e. The molecule has 0 aliphatic heterocycles. The number of aromatic amines is 1. The lowest BCUT2D eigenvalue weighted by atomic mass is 10.1. The van der Waals surface area contributed by atoms with E-state index in [0.29, 0.717) is 0 Å². The van der Waals surface area contributed by atoms with Crippen molar-refractivity contribution in [1.29, 1.82) is 0 Å². The number of H-pyrrole nitrogens is 1. The number of hydrogen-bond acceptors (Lipinski definition) is 2. The quantitative estimate of drug-likeness (QED) is 0.584. The summed E-state index contributed by atoms with van der Waals surface area (Å²) in [5, 5.41) is 8.64. The van der Waals surface area contributed by atoms with Crippen molar-refractivity contribution in [3.8, 4) is 22.6 Å². The fourth-order valence-electron chi connectivity index (χ4n) is 2.54. The molecule has 0 unspecified atom stereocenters. The van der Waals surface area contributed by atoms with E-state index in [1.54, 1.807) is 0 Å². The van der Waals surface area contributed by atoms with Gasteiger partial charge in [0.2, 0.25) is 0 Å². The molecule has 0 bridgehead atoms. The third-order valence-electron chi connectivity index (χ3n) is 3.80. The highest BCUT2D eigenvalue weighted by Gasteiger charge is 2.07. The van der Waals surface area contributed by atoms with Crippen LogP contribution in [-0.4, -0.2) is 15.2 Å². The van der Waals surface area contributed by atoms with Gasteiger partial charge in [0.25, 0.3) is 0 Å². The van der Waals surface area contributed by atoms with Gasteiger partial charge >= 0.3 is 0 Å². The summed E-state index contributed by atoms with van der Waals surface area (Å²) in [4.78, 5) is 4.70. The molecule has 0 saturated heterocycles. The van der Waals surface area contributed by atoms with Gasteiger partial charge in [-0.25, -0.2) is 4.98 Å². The van der Waals surface area contributed by atoms with E-state index in [0.717, 1.165) is 33.5 Å². The minimum absolute atomic E-state index is 0.907. The number of pyridine rings is 1. The molecule has 0 spiro atoms. The Balaban J connectivity index is 1.74. The lowest BCUT2D eigenvalue weighted by Gasteiger charge is -2.00. The number of para-hydroxylation sites is 1. The molecule has 4 aromatic rings. The largest absolute Gasteiger partial charge is 0.276 e. The predicted molar refractivity (Wildman–Crippen MR) is 89.5 cm³/mol. The fraction of sp³-hybridized carbons (Fsp3) is 0.0526. The Labute approximate surface area is 128 Å². The molecule has 0 radical (unpaired) electrons. The van der Waals surface area contributed by atoms with Gasteiger partial charge < -0.3 is 0 Å². The van der Waals surface area contributed by atoms with Crippen molar-refractivity contribution >= 4 is 10.9 Å². The summed E-state index contributed by atoms with van der Waals surface area (Å²) in [5.41, 5.74) is 6.12. The van der Waals surface area contributed by atoms with Gasteiger partial charge in [-0.15, -0.1) is 0 Å². The Bertz CT molecular complexity index is 936. The number of aryl methyl sites for hydroxylation is 1. The van der Waals surface area contributed by atoms with E-state index in [1.807, 2.05) is 30.3 Å². The molecule has 4 rings (SSSR count). The van der Waals surface area contributed by atoms with Crippen LogP contribution < -0.4 is 0 Å². The highest BCUT2D eigenvalue weighted by Crippen LogP contribution is 2.24. The number of aromatic nitrogens is 3. The van der Waals surface area contributed by atoms with Crippen LogP contribution in [0, 0.1) is 6.92 Å². The average molecular weight is 285 g/mol. The molecule has 2 heterocycles. The Morgan fingerprint density at radius 1 is 0.818 bits per heavy atom. The summed E-state index contributed by atoms with van der Waals surface area (Å²) < 4.78 is 0. The summed E-state index contributed by atoms with van der Waals surface area (Å²) in [6.07, 6.45) is 0. The second-order valence-corrected chi connectivity index (χ2v) is 5.42. The molecule has 0 atom stereocenters. The number of rotatable bonds is 2. The van der Waals surface area contributed by atoms with Crippen LogP contribution in [0.4, 0.5) is 0 Å². The fourth-order valence-corrected chi connectivity index (χ4v) is 2.54. The number of nitrogens with zero attached hydrogens (tertiary/aromatic N) is 2. The van der Waals surface area contributed by atoms with E-state index in [9.17, 15) is 0 Å². The van der Waals surface area contributed by atoms with Crippen LogP contribution in [0.25, 0.3) is 33.5 Å². The number of nitrogens with one attached hydrogen (secondary N) is 1. The Morgan fingerprint density at radius 3 is 2.50 bits per heavy atom. The monoisotopic (exact) mass is 285 g/mol. The maximum Gasteiger partial charge on any atom is 0.0927 e. The molecule has 1 N–H and O–H groups in total. The Kier molecular flexibility index (Phi) is 2.97. The standard InChI is InChI=1S/C19H15N3/c1-13-6-8-15(9-7-13)18-12-19(22-21-18)17-11-10-14-4-2-3-5-16(14)20-17/h2-12H,1H3,(H,21,22). The van der Waals surface area contributed by atoms with Crippen LogP contribution in [0.15, 0.2) is 66.7 Å². The second kappa shape index (κ2) is 5.11. The second-order valence-electron chi connectivity index (χ2n) is 5.42. The van der Waals surface area contributed by atoms with Crippen molar-refractivity contribution in [2.45, 2.75) is 6.92 Å². The molecule has 2 aromatic heterocycles. The van der Waals surface area contributed by atoms with Crippen molar-refractivity contribution < 1.29 is 0 Å². The topological polar surface area (TPSA) is 41.6 Å². The van der Waals surface area contributed by atoms with Crippen molar-refractivity contribution in [1.82, 2.24) is 15.2 Å². The maximum absolute atomic E-state index is 4.70. The third-order valence-corrected chi connectivity index (χ3v) is 3.80. The molecular weight excluding hydrogens is 270 g/mol. The molecule has 0 fully saturated rings. The van der Waals surface area contributed by atoms with E-state index in [1.165, 1.54) is 5.56 Å². The Morgan fingerprint density at radius 2 is 1.64 bits per heavy atom. The first-order chi connectivity index (χ1) is 10.8. The summed E-state index contributed by atoms with van der Waals surface area (Å²) >= 11 is 0. The van der Waals surface area contributed by atoms with Crippen LogP contribution in [-0.2, 0) is 0 Å². The van der Waals surface area contributed by atoms with Crippen LogP contribution >= 0.6 is 0 Å². The first kappa shape index (κ1) is 12.8. The van der Waals surface area contributed by atoms with Crippen LogP contribution in [0.2, 0.25) is 0 Å². The highest BCUT2D eigenvalue weighted by atomic mass is 15.1. The normalized spacial score (nSPS) is 11.0. The van der Waals surface area contributed by atoms with Gasteiger partial charge in [-0.05, 0) is 25.1 Å². The molecule has 0 saturated carbocycles. The molecule has 3 nitrogen and oxygen atoms in total. The summed E-state index contributed by atoms with van der Waals surface area (Å²) in [6.45, 7) is 2.08. The molecule has 106 valence electrons. The lowest BCUT2D eigenvalue weighted by Crippen LogP contribution is -1.84. The molecule has 22 heavy (non-hydrogen) atoms. The Hall–Kier alpha value is -2.94. The molecular formula is C19H15N3. The first-order valence-corrected chi connectivity index (χ1v) is 7.28. The minimum atomic E-state index is 0.907. The zero-order valence-electron chi connectivity index (χ0n) is 12.2. The predicted octanol–water partition coefficient (Wildman–Crippen LogP) is 4.60. The number of benzene rings is 2. The highest BCUT2D eigenvalue weighted by molar-refractivity contribution is 5.81. The van der Waals surface area contributed by atoms with Crippen LogP contribution in [0.1, 0.15) is 5.56 Å². The first-order valence-electron chi connectivity index (χ1n) is 7.28. The molecule has 0 amide bonds. The van der Waals surface area contributed by atoms with Gasteiger partial charge in [0, 0.05) is 10.9 Å². The van der Waals surface area contributed by atoms with Crippen molar-refractivity contribution in [2.24, 2.45) is 0 Å². The maximum atomic E-state index is 4.70. The van der Waals surface area contributed by atoms with Crippen LogP contribution in [0.5, 0.6) is 0 Å². The third kappa shape index (κ3) is 2.27. The average Bonchev–Trinajstić information content (AvgIpc) is 3.05. The zero-order valence-corrected chi connectivity index (χ0v) is 12.2. The van der Waals surface area contributed by atoms with Gasteiger partial charge in [0.05, 0.1) is 22.6 Å². The van der Waals surface area contributed by atoms with E-state index < -0.39 is 0 Å². The van der Waals surface area contributed by atoms with Crippen molar-refractivity contribution in [3.63, 3.8) is 0 Å². The zero-order chi connectivity index (χ0) is 14.9. The molecule has 0 aliphatic rings. The van der Waals surface area contributed by atoms with Gasteiger partial charge in [-0.3, -0.25) is 5.10 Å². The summed E-state index contributed by atoms with van der Waals surface area (Å²) in [7, 11) is 0. The van der Waals surface area contributed by atoms with Gasteiger partial charge in [-0.2, -0.15) is 5.10 Å².